The van der Waals surface area contributed by atoms with Crippen molar-refractivity contribution in [3.63, 3.8) is 0 Å². The average molecular weight is 330 g/mol. The molecule has 0 atom stereocenters. The lowest BCUT2D eigenvalue weighted by Crippen LogP contribution is -2.12. The summed E-state index contributed by atoms with van der Waals surface area (Å²) in [4.78, 5) is 0. The molecule has 0 spiro atoms. The Morgan fingerprint density at radius 1 is 0.880 bits per heavy atom. The van der Waals surface area contributed by atoms with Gasteiger partial charge in [-0.3, -0.25) is 0 Å². The standard InChI is InChI=1S/C21H23BN2O/c1-25-21-12-11-19(15-20(21)17-5-3-2-4-6-17)24-18-9-7-16(8-10-18)13-14-23-22/h2-12,15,23-24H,13-14,22H2,1H3. The summed E-state index contributed by atoms with van der Waals surface area (Å²) >= 11 is 0. The molecule has 3 rings (SSSR count). The van der Waals surface area contributed by atoms with Crippen LogP contribution in [-0.4, -0.2) is 21.6 Å². The van der Waals surface area contributed by atoms with Gasteiger partial charge in [-0.05, 0) is 54.4 Å². The summed E-state index contributed by atoms with van der Waals surface area (Å²) in [7, 11) is 3.68. The second-order valence-electron chi connectivity index (χ2n) is 5.96. The van der Waals surface area contributed by atoms with Crippen LogP contribution < -0.4 is 15.3 Å². The molecular formula is C21H23BN2O. The van der Waals surface area contributed by atoms with Crippen LogP contribution in [0.3, 0.4) is 0 Å². The maximum absolute atomic E-state index is 5.52. The van der Waals surface area contributed by atoms with Gasteiger partial charge in [0.25, 0.3) is 0 Å². The normalized spacial score (nSPS) is 10.4. The third-order valence-electron chi connectivity index (χ3n) is 4.19. The highest BCUT2D eigenvalue weighted by atomic mass is 16.5. The molecule has 126 valence electrons. The third kappa shape index (κ3) is 4.43. The van der Waals surface area contributed by atoms with E-state index in [1.807, 2.05) is 38.3 Å². The monoisotopic (exact) mass is 330 g/mol. The van der Waals surface area contributed by atoms with Crippen LogP contribution in [0.5, 0.6) is 5.75 Å². The Labute approximate surface area is 150 Å². The van der Waals surface area contributed by atoms with Gasteiger partial charge in [0.1, 0.15) is 5.75 Å². The van der Waals surface area contributed by atoms with E-state index in [1.165, 1.54) is 5.56 Å². The van der Waals surface area contributed by atoms with Crippen molar-refractivity contribution in [2.24, 2.45) is 0 Å². The smallest absolute Gasteiger partial charge is 0.181 e. The number of rotatable bonds is 7. The van der Waals surface area contributed by atoms with Crippen molar-refractivity contribution in [3.8, 4) is 16.9 Å². The van der Waals surface area contributed by atoms with Gasteiger partial charge in [-0.1, -0.05) is 42.5 Å². The molecule has 0 bridgehead atoms. The highest BCUT2D eigenvalue weighted by Crippen LogP contribution is 2.33. The minimum atomic E-state index is 0.874. The summed E-state index contributed by atoms with van der Waals surface area (Å²) in [5.74, 6) is 0.874. The molecule has 0 heterocycles. The molecule has 0 fully saturated rings. The van der Waals surface area contributed by atoms with Gasteiger partial charge >= 0.3 is 0 Å². The maximum Gasteiger partial charge on any atom is 0.181 e. The lowest BCUT2D eigenvalue weighted by atomic mass is 10.0. The Kier molecular flexibility index (Phi) is 5.75. The van der Waals surface area contributed by atoms with E-state index in [9.17, 15) is 0 Å². The Bertz CT molecular complexity index is 804. The zero-order valence-electron chi connectivity index (χ0n) is 14.8. The summed E-state index contributed by atoms with van der Waals surface area (Å²) in [6.07, 6.45) is 1.04. The first-order valence-electron chi connectivity index (χ1n) is 8.54. The van der Waals surface area contributed by atoms with Crippen molar-refractivity contribution in [1.29, 1.82) is 0 Å². The number of hydrogen-bond acceptors (Lipinski definition) is 3. The van der Waals surface area contributed by atoms with Crippen LogP contribution in [0.4, 0.5) is 11.4 Å². The first-order chi connectivity index (χ1) is 12.3. The molecule has 3 nitrogen and oxygen atoms in total. The summed E-state index contributed by atoms with van der Waals surface area (Å²) in [5, 5.41) is 6.65. The number of hydrogen-bond donors (Lipinski definition) is 2. The molecule has 4 heteroatoms. The quantitative estimate of drug-likeness (QED) is 0.647. The van der Waals surface area contributed by atoms with Gasteiger partial charge in [0.2, 0.25) is 0 Å². The molecule has 0 aliphatic carbocycles. The summed E-state index contributed by atoms with van der Waals surface area (Å²) < 4.78 is 5.52. The first-order valence-corrected chi connectivity index (χ1v) is 8.54. The summed E-state index contributed by atoms with van der Waals surface area (Å²) in [6.45, 7) is 0.992. The van der Waals surface area contributed by atoms with Crippen LogP contribution in [0.25, 0.3) is 11.1 Å². The Balaban J connectivity index is 1.81. The van der Waals surface area contributed by atoms with E-state index >= 15 is 0 Å². The predicted molar refractivity (Wildman–Crippen MR) is 108 cm³/mol. The van der Waals surface area contributed by atoms with E-state index in [0.717, 1.165) is 41.2 Å². The van der Waals surface area contributed by atoms with E-state index in [2.05, 4.69) is 53.0 Å². The molecule has 3 aromatic carbocycles. The average Bonchev–Trinajstić information content (AvgIpc) is 2.68. The molecule has 0 unspecified atom stereocenters. The molecule has 25 heavy (non-hydrogen) atoms. The van der Waals surface area contributed by atoms with Crippen LogP contribution in [0.2, 0.25) is 0 Å². The van der Waals surface area contributed by atoms with Gasteiger partial charge in [0.05, 0.1) is 7.11 Å². The number of nitrogens with one attached hydrogen (secondary N) is 2. The zero-order valence-corrected chi connectivity index (χ0v) is 14.8. The van der Waals surface area contributed by atoms with Crippen molar-refractivity contribution in [2.45, 2.75) is 6.42 Å². The third-order valence-corrected chi connectivity index (χ3v) is 4.19. The number of anilines is 2. The largest absolute Gasteiger partial charge is 0.496 e. The van der Waals surface area contributed by atoms with E-state index in [4.69, 9.17) is 4.74 Å². The van der Waals surface area contributed by atoms with Crippen LogP contribution in [0.1, 0.15) is 5.56 Å². The molecule has 0 saturated heterocycles. The molecule has 0 aliphatic heterocycles. The van der Waals surface area contributed by atoms with Gasteiger partial charge in [-0.15, -0.1) is 0 Å². The molecule has 0 amide bonds. The highest BCUT2D eigenvalue weighted by Gasteiger charge is 2.07. The van der Waals surface area contributed by atoms with Gasteiger partial charge < -0.3 is 15.3 Å². The van der Waals surface area contributed by atoms with Crippen LogP contribution in [-0.2, 0) is 6.42 Å². The van der Waals surface area contributed by atoms with Crippen molar-refractivity contribution in [1.82, 2.24) is 5.23 Å². The first kappa shape index (κ1) is 17.1. The molecule has 2 N–H and O–H groups in total. The lowest BCUT2D eigenvalue weighted by Gasteiger charge is -2.13. The predicted octanol–water partition coefficient (Wildman–Crippen LogP) is 3.79. The van der Waals surface area contributed by atoms with Crippen molar-refractivity contribution >= 4 is 19.4 Å². The Hall–Kier alpha value is -2.72. The summed E-state index contributed by atoms with van der Waals surface area (Å²) in [5.41, 5.74) is 5.68. The Morgan fingerprint density at radius 3 is 2.28 bits per heavy atom. The zero-order chi connectivity index (χ0) is 17.5. The number of ether oxygens (including phenoxy) is 1. The van der Waals surface area contributed by atoms with Crippen LogP contribution >= 0.6 is 0 Å². The highest BCUT2D eigenvalue weighted by molar-refractivity contribution is 6.04. The minimum absolute atomic E-state index is 0.874. The topological polar surface area (TPSA) is 33.3 Å². The van der Waals surface area contributed by atoms with Gasteiger partial charge in [0, 0.05) is 16.9 Å². The van der Waals surface area contributed by atoms with Gasteiger partial charge in [-0.25, -0.2) is 0 Å². The van der Waals surface area contributed by atoms with Gasteiger partial charge in [-0.2, -0.15) is 0 Å². The fourth-order valence-corrected chi connectivity index (χ4v) is 2.82. The van der Waals surface area contributed by atoms with Crippen LogP contribution in [0.15, 0.2) is 72.8 Å². The van der Waals surface area contributed by atoms with Gasteiger partial charge in [0.15, 0.2) is 7.98 Å². The number of methoxy groups -OCH3 is 1. The SMILES string of the molecule is BNCCc1ccc(Nc2ccc(OC)c(-c3ccccc3)c2)cc1. The second-order valence-corrected chi connectivity index (χ2v) is 5.96. The number of benzene rings is 3. The van der Waals surface area contributed by atoms with Crippen LogP contribution in [0, 0.1) is 0 Å². The Morgan fingerprint density at radius 2 is 1.60 bits per heavy atom. The van der Waals surface area contributed by atoms with E-state index in [0.29, 0.717) is 0 Å². The molecule has 3 aromatic rings. The van der Waals surface area contributed by atoms with E-state index in [-0.39, 0.29) is 0 Å². The summed E-state index contributed by atoms with van der Waals surface area (Å²) in [6, 6.07) is 25.0. The van der Waals surface area contributed by atoms with E-state index < -0.39 is 0 Å². The van der Waals surface area contributed by atoms with Crippen molar-refractivity contribution < 1.29 is 4.74 Å². The lowest BCUT2D eigenvalue weighted by molar-refractivity contribution is 0.416. The maximum atomic E-state index is 5.52. The molecular weight excluding hydrogens is 307 g/mol. The minimum Gasteiger partial charge on any atom is -0.496 e. The fourth-order valence-electron chi connectivity index (χ4n) is 2.82. The molecule has 0 saturated carbocycles. The molecule has 0 aromatic heterocycles. The molecule has 0 radical (unpaired) electrons. The fraction of sp³-hybridized carbons (Fsp3) is 0.143. The second kappa shape index (κ2) is 8.40. The van der Waals surface area contributed by atoms with Crippen molar-refractivity contribution in [2.75, 3.05) is 19.0 Å². The van der Waals surface area contributed by atoms with E-state index in [1.54, 1.807) is 7.11 Å². The molecule has 0 aliphatic rings. The van der Waals surface area contributed by atoms with Crippen molar-refractivity contribution in [3.05, 3.63) is 78.4 Å².